The van der Waals surface area contributed by atoms with Crippen LogP contribution in [-0.2, 0) is 0 Å². The van der Waals surface area contributed by atoms with E-state index in [0.717, 1.165) is 16.7 Å². The van der Waals surface area contributed by atoms with Gasteiger partial charge in [0.2, 0.25) is 0 Å². The van der Waals surface area contributed by atoms with Crippen LogP contribution in [0, 0.1) is 16.7 Å². The number of hydrogen-bond acceptors (Lipinski definition) is 0. The molecule has 2 rings (SSSR count). The molecule has 0 N–H and O–H groups in total. The van der Waals surface area contributed by atoms with Crippen LogP contribution < -0.4 is 0 Å². The molecule has 0 aromatic carbocycles. The van der Waals surface area contributed by atoms with Crippen LogP contribution in [0.15, 0.2) is 0 Å². The normalized spacial score (nSPS) is 50.1. The molecule has 0 bridgehead atoms. The molecule has 2 saturated carbocycles. The average Bonchev–Trinajstić information content (AvgIpc) is 2.37. The first kappa shape index (κ1) is 6.69. The number of rotatable bonds is 1. The van der Waals surface area contributed by atoms with E-state index in [1.165, 1.54) is 25.7 Å². The Bertz CT molecular complexity index is 148. The smallest absolute Gasteiger partial charge is 0.0243 e. The van der Waals surface area contributed by atoms with Gasteiger partial charge >= 0.3 is 0 Å². The van der Waals surface area contributed by atoms with Crippen LogP contribution in [0.3, 0.4) is 0 Å². The Kier molecular flexibility index (Phi) is 1.07. The lowest BCUT2D eigenvalue weighted by Gasteiger charge is -2.45. The summed E-state index contributed by atoms with van der Waals surface area (Å²) in [5.74, 6) is 1.01. The summed E-state index contributed by atoms with van der Waals surface area (Å²) in [5, 5.41) is 0. The van der Waals surface area contributed by atoms with Crippen LogP contribution in [0.1, 0.15) is 46.5 Å². The van der Waals surface area contributed by atoms with Gasteiger partial charge in [-0.25, -0.2) is 0 Å². The summed E-state index contributed by atoms with van der Waals surface area (Å²) in [6.45, 7) is 7.38. The highest BCUT2D eigenvalue weighted by atomic mass is 14.6. The highest BCUT2D eigenvalue weighted by molar-refractivity contribution is 5.09. The first-order valence-corrected chi connectivity index (χ1v) is 4.58. The van der Waals surface area contributed by atoms with Gasteiger partial charge in [-0.05, 0) is 36.0 Å². The highest BCUT2D eigenvalue weighted by Crippen LogP contribution is 2.69. The van der Waals surface area contributed by atoms with E-state index < -0.39 is 0 Å². The maximum atomic E-state index is 2.49. The van der Waals surface area contributed by atoms with Crippen LogP contribution in [0.4, 0.5) is 0 Å². The van der Waals surface area contributed by atoms with Gasteiger partial charge in [0.1, 0.15) is 0 Å². The summed E-state index contributed by atoms with van der Waals surface area (Å²) in [6.07, 6.45) is 5.96. The maximum Gasteiger partial charge on any atom is -0.0243 e. The van der Waals surface area contributed by atoms with Crippen LogP contribution in [0.2, 0.25) is 0 Å². The van der Waals surface area contributed by atoms with E-state index >= 15 is 0 Å². The lowest BCUT2D eigenvalue weighted by atomic mass is 9.60. The van der Waals surface area contributed by atoms with Crippen LogP contribution in [0.25, 0.3) is 0 Å². The maximum absolute atomic E-state index is 2.49. The van der Waals surface area contributed by atoms with Crippen LogP contribution in [0.5, 0.6) is 0 Å². The van der Waals surface area contributed by atoms with Gasteiger partial charge in [-0.15, -0.1) is 0 Å². The fourth-order valence-electron chi connectivity index (χ4n) is 2.70. The van der Waals surface area contributed by atoms with Crippen molar-refractivity contribution in [2.75, 3.05) is 0 Å². The van der Waals surface area contributed by atoms with Gasteiger partial charge in [-0.1, -0.05) is 27.2 Å². The van der Waals surface area contributed by atoms with E-state index in [1.807, 2.05) is 0 Å². The second kappa shape index (κ2) is 1.60. The summed E-state index contributed by atoms with van der Waals surface area (Å²) in [7, 11) is 0. The third kappa shape index (κ3) is 0.580. The van der Waals surface area contributed by atoms with Crippen molar-refractivity contribution in [1.29, 1.82) is 0 Å². The molecule has 0 aromatic heterocycles. The standard InChI is InChI=1S/C10H18/c1-8-7-10(8,3)9(2)5-4-6-9/h8H,4-7H2,1-3H3. The zero-order valence-corrected chi connectivity index (χ0v) is 7.41. The SMILES string of the molecule is CC1CC1(C)C1(C)CCC1. The first-order chi connectivity index (χ1) is 4.58. The minimum atomic E-state index is 0.741. The predicted molar refractivity (Wildman–Crippen MR) is 43.8 cm³/mol. The molecule has 0 heteroatoms. The van der Waals surface area contributed by atoms with Crippen molar-refractivity contribution < 1.29 is 0 Å². The molecular formula is C10H18. The zero-order valence-electron chi connectivity index (χ0n) is 7.41. The Morgan fingerprint density at radius 1 is 1.20 bits per heavy atom. The van der Waals surface area contributed by atoms with Crippen molar-refractivity contribution in [3.8, 4) is 0 Å². The molecular weight excluding hydrogens is 120 g/mol. The number of hydrogen-bond donors (Lipinski definition) is 0. The molecule has 0 aromatic rings. The average molecular weight is 138 g/mol. The molecule has 2 fully saturated rings. The van der Waals surface area contributed by atoms with E-state index in [2.05, 4.69) is 20.8 Å². The molecule has 0 heterocycles. The Hall–Kier alpha value is 0. The second-order valence-corrected chi connectivity index (χ2v) is 4.94. The van der Waals surface area contributed by atoms with E-state index in [1.54, 1.807) is 0 Å². The van der Waals surface area contributed by atoms with Crippen molar-refractivity contribution in [1.82, 2.24) is 0 Å². The lowest BCUT2D eigenvalue weighted by molar-refractivity contribution is 0.0548. The van der Waals surface area contributed by atoms with Crippen molar-refractivity contribution >= 4 is 0 Å². The molecule has 2 atom stereocenters. The van der Waals surface area contributed by atoms with Gasteiger partial charge in [0.05, 0.1) is 0 Å². The van der Waals surface area contributed by atoms with Gasteiger partial charge in [0, 0.05) is 0 Å². The predicted octanol–water partition coefficient (Wildman–Crippen LogP) is 3.22. The molecule has 0 nitrogen and oxygen atoms in total. The van der Waals surface area contributed by atoms with E-state index in [0.29, 0.717) is 0 Å². The first-order valence-electron chi connectivity index (χ1n) is 4.58. The summed E-state index contributed by atoms with van der Waals surface area (Å²) in [6, 6.07) is 0. The zero-order chi connectivity index (χ0) is 7.41. The summed E-state index contributed by atoms with van der Waals surface area (Å²) in [5.41, 5.74) is 1.48. The third-order valence-corrected chi connectivity index (χ3v) is 4.49. The Balaban J connectivity index is 2.11. The topological polar surface area (TPSA) is 0 Å². The van der Waals surface area contributed by atoms with Crippen molar-refractivity contribution in [3.63, 3.8) is 0 Å². The van der Waals surface area contributed by atoms with Crippen molar-refractivity contribution in [2.24, 2.45) is 16.7 Å². The van der Waals surface area contributed by atoms with E-state index in [9.17, 15) is 0 Å². The van der Waals surface area contributed by atoms with Gasteiger partial charge in [-0.3, -0.25) is 0 Å². The molecule has 10 heavy (non-hydrogen) atoms. The van der Waals surface area contributed by atoms with Crippen molar-refractivity contribution in [3.05, 3.63) is 0 Å². The molecule has 0 amide bonds. The van der Waals surface area contributed by atoms with Gasteiger partial charge in [-0.2, -0.15) is 0 Å². The molecule has 0 saturated heterocycles. The van der Waals surface area contributed by atoms with Gasteiger partial charge in [0.15, 0.2) is 0 Å². The quantitative estimate of drug-likeness (QED) is 0.522. The summed E-state index contributed by atoms with van der Waals surface area (Å²) < 4.78 is 0. The summed E-state index contributed by atoms with van der Waals surface area (Å²) >= 11 is 0. The molecule has 2 aliphatic rings. The van der Waals surface area contributed by atoms with Gasteiger partial charge in [0.25, 0.3) is 0 Å². The van der Waals surface area contributed by atoms with Gasteiger partial charge < -0.3 is 0 Å². The van der Waals surface area contributed by atoms with Crippen LogP contribution in [-0.4, -0.2) is 0 Å². The third-order valence-electron chi connectivity index (χ3n) is 4.49. The van der Waals surface area contributed by atoms with E-state index in [-0.39, 0.29) is 0 Å². The van der Waals surface area contributed by atoms with Crippen molar-refractivity contribution in [2.45, 2.75) is 46.5 Å². The fourth-order valence-corrected chi connectivity index (χ4v) is 2.70. The Morgan fingerprint density at radius 3 is 1.80 bits per heavy atom. The monoisotopic (exact) mass is 138 g/mol. The Labute approximate surface area is 64.0 Å². The largest absolute Gasteiger partial charge is 0.0619 e. The molecule has 0 spiro atoms. The minimum absolute atomic E-state index is 0.741. The molecule has 2 unspecified atom stereocenters. The molecule has 0 aliphatic heterocycles. The highest BCUT2D eigenvalue weighted by Gasteiger charge is 2.60. The van der Waals surface area contributed by atoms with E-state index in [4.69, 9.17) is 0 Å². The minimum Gasteiger partial charge on any atom is -0.0619 e. The summed E-state index contributed by atoms with van der Waals surface area (Å²) in [4.78, 5) is 0. The molecule has 0 radical (unpaired) electrons. The molecule has 2 aliphatic carbocycles. The molecule has 58 valence electrons. The second-order valence-electron chi connectivity index (χ2n) is 4.94. The Morgan fingerprint density at radius 2 is 1.70 bits per heavy atom. The fraction of sp³-hybridized carbons (Fsp3) is 1.00. The lowest BCUT2D eigenvalue weighted by Crippen LogP contribution is -2.35. The van der Waals surface area contributed by atoms with Crippen LogP contribution >= 0.6 is 0 Å².